The third-order valence-corrected chi connectivity index (χ3v) is 4.27. The summed E-state index contributed by atoms with van der Waals surface area (Å²) in [5, 5.41) is 0.416. The Bertz CT molecular complexity index is 608. The second kappa shape index (κ2) is 5.76. The molecule has 106 valence electrons. The Morgan fingerprint density at radius 1 is 1.25 bits per heavy atom. The number of anilines is 1. The van der Waals surface area contributed by atoms with E-state index in [0.29, 0.717) is 16.9 Å². The van der Waals surface area contributed by atoms with Crippen LogP contribution in [0.25, 0.3) is 0 Å². The van der Waals surface area contributed by atoms with Gasteiger partial charge in [0, 0.05) is 10.5 Å². The molecule has 0 saturated carbocycles. The number of alkyl halides is 3. The SMILES string of the molecule is Nc1sc(Sc2ccc(OC(F)(F)F)cc2)cc1C=O. The van der Waals surface area contributed by atoms with Gasteiger partial charge in [0.2, 0.25) is 0 Å². The van der Waals surface area contributed by atoms with Crippen molar-refractivity contribution in [2.75, 3.05) is 5.73 Å². The minimum absolute atomic E-state index is 0.277. The van der Waals surface area contributed by atoms with Crippen molar-refractivity contribution in [3.05, 3.63) is 35.9 Å². The fourth-order valence-electron chi connectivity index (χ4n) is 1.36. The van der Waals surface area contributed by atoms with E-state index < -0.39 is 6.36 Å². The van der Waals surface area contributed by atoms with Crippen molar-refractivity contribution in [2.24, 2.45) is 0 Å². The molecule has 2 rings (SSSR count). The van der Waals surface area contributed by atoms with E-state index in [-0.39, 0.29) is 5.75 Å². The van der Waals surface area contributed by atoms with Crippen LogP contribution in [0, 0.1) is 0 Å². The smallest absolute Gasteiger partial charge is 0.406 e. The third-order valence-electron chi connectivity index (χ3n) is 2.17. The van der Waals surface area contributed by atoms with Gasteiger partial charge in [0.05, 0.1) is 9.21 Å². The van der Waals surface area contributed by atoms with Gasteiger partial charge in [-0.3, -0.25) is 4.79 Å². The first-order valence-corrected chi connectivity index (χ1v) is 6.89. The third kappa shape index (κ3) is 3.91. The molecule has 0 atom stereocenters. The molecule has 1 aromatic heterocycles. The zero-order chi connectivity index (χ0) is 14.8. The molecule has 2 aromatic rings. The zero-order valence-electron chi connectivity index (χ0n) is 9.81. The highest BCUT2D eigenvalue weighted by molar-refractivity contribution is 8.01. The van der Waals surface area contributed by atoms with Crippen molar-refractivity contribution >= 4 is 34.4 Å². The van der Waals surface area contributed by atoms with E-state index in [1.54, 1.807) is 6.07 Å². The molecule has 1 aromatic carbocycles. The van der Waals surface area contributed by atoms with Crippen LogP contribution in [0.4, 0.5) is 18.2 Å². The minimum Gasteiger partial charge on any atom is -0.406 e. The number of ether oxygens (including phenoxy) is 1. The Kier molecular flexibility index (Phi) is 4.24. The first-order chi connectivity index (χ1) is 9.37. The summed E-state index contributed by atoms with van der Waals surface area (Å²) in [7, 11) is 0. The Labute approximate surface area is 120 Å². The molecule has 20 heavy (non-hydrogen) atoms. The Hall–Kier alpha value is -1.67. The second-order valence-electron chi connectivity index (χ2n) is 3.62. The van der Waals surface area contributed by atoms with Crippen molar-refractivity contribution in [1.29, 1.82) is 0 Å². The van der Waals surface area contributed by atoms with Gasteiger partial charge in [-0.15, -0.1) is 24.5 Å². The Morgan fingerprint density at radius 2 is 1.90 bits per heavy atom. The normalized spacial score (nSPS) is 11.3. The molecule has 0 amide bonds. The molecule has 0 unspecified atom stereocenters. The highest BCUT2D eigenvalue weighted by Gasteiger charge is 2.30. The van der Waals surface area contributed by atoms with Crippen molar-refractivity contribution < 1.29 is 22.7 Å². The summed E-state index contributed by atoms with van der Waals surface area (Å²) in [6, 6.07) is 7.10. The van der Waals surface area contributed by atoms with Crippen LogP contribution in [0.3, 0.4) is 0 Å². The largest absolute Gasteiger partial charge is 0.573 e. The lowest BCUT2D eigenvalue weighted by Crippen LogP contribution is -2.16. The lowest BCUT2D eigenvalue weighted by molar-refractivity contribution is -0.274. The molecule has 0 spiro atoms. The van der Waals surface area contributed by atoms with Crippen LogP contribution in [0.15, 0.2) is 39.4 Å². The second-order valence-corrected chi connectivity index (χ2v) is 6.08. The van der Waals surface area contributed by atoms with E-state index in [4.69, 9.17) is 5.73 Å². The Morgan fingerprint density at radius 3 is 2.40 bits per heavy atom. The van der Waals surface area contributed by atoms with Crippen molar-refractivity contribution in [3.63, 3.8) is 0 Å². The molecule has 2 N–H and O–H groups in total. The van der Waals surface area contributed by atoms with Crippen LogP contribution in [0.1, 0.15) is 10.4 Å². The molecule has 0 bridgehead atoms. The molecule has 0 aliphatic heterocycles. The number of aldehydes is 1. The number of nitrogen functional groups attached to an aromatic ring is 1. The first kappa shape index (κ1) is 14.7. The summed E-state index contributed by atoms with van der Waals surface area (Å²) in [5.41, 5.74) is 6.04. The van der Waals surface area contributed by atoms with Crippen LogP contribution in [0.2, 0.25) is 0 Å². The fourth-order valence-corrected chi connectivity index (χ4v) is 3.41. The standard InChI is InChI=1S/C12H8F3NO2S2/c13-12(14,15)18-8-1-3-9(4-2-8)19-10-5-7(6-17)11(16)20-10/h1-6H,16H2. The number of hydrogen-bond donors (Lipinski definition) is 1. The van der Waals surface area contributed by atoms with Gasteiger partial charge in [0.25, 0.3) is 0 Å². The van der Waals surface area contributed by atoms with Crippen LogP contribution in [-0.4, -0.2) is 12.6 Å². The number of thiophene rings is 1. The lowest BCUT2D eigenvalue weighted by atomic mass is 10.3. The van der Waals surface area contributed by atoms with Crippen LogP contribution >= 0.6 is 23.1 Å². The zero-order valence-corrected chi connectivity index (χ0v) is 11.4. The van der Waals surface area contributed by atoms with Gasteiger partial charge in [0.15, 0.2) is 6.29 Å². The maximum absolute atomic E-state index is 12.0. The van der Waals surface area contributed by atoms with Gasteiger partial charge < -0.3 is 10.5 Å². The van der Waals surface area contributed by atoms with Crippen molar-refractivity contribution in [3.8, 4) is 5.75 Å². The van der Waals surface area contributed by atoms with Crippen LogP contribution in [-0.2, 0) is 0 Å². The average Bonchev–Trinajstić information content (AvgIpc) is 2.70. The lowest BCUT2D eigenvalue weighted by Gasteiger charge is -2.08. The first-order valence-electron chi connectivity index (χ1n) is 5.25. The Balaban J connectivity index is 2.08. The molecule has 1 heterocycles. The summed E-state index contributed by atoms with van der Waals surface area (Å²) in [4.78, 5) is 11.4. The number of nitrogens with two attached hydrogens (primary N) is 1. The van der Waals surface area contributed by atoms with Gasteiger partial charge in [-0.2, -0.15) is 0 Å². The van der Waals surface area contributed by atoms with E-state index in [1.807, 2.05) is 0 Å². The molecule has 8 heteroatoms. The number of hydrogen-bond acceptors (Lipinski definition) is 5. The van der Waals surface area contributed by atoms with Gasteiger partial charge in [0.1, 0.15) is 5.75 Å². The van der Waals surface area contributed by atoms with Gasteiger partial charge in [-0.25, -0.2) is 0 Å². The highest BCUT2D eigenvalue weighted by atomic mass is 32.2. The van der Waals surface area contributed by atoms with Crippen molar-refractivity contribution in [2.45, 2.75) is 15.5 Å². The molecule has 0 saturated heterocycles. The minimum atomic E-state index is -4.70. The molecular formula is C12H8F3NO2S2. The molecule has 0 aliphatic rings. The number of halogens is 3. The highest BCUT2D eigenvalue weighted by Crippen LogP contribution is 2.37. The fraction of sp³-hybridized carbons (Fsp3) is 0.0833. The van der Waals surface area contributed by atoms with Gasteiger partial charge in [-0.1, -0.05) is 11.8 Å². The number of carbonyl (C=O) groups excluding carboxylic acids is 1. The van der Waals surface area contributed by atoms with E-state index in [1.165, 1.54) is 47.4 Å². The van der Waals surface area contributed by atoms with E-state index in [0.717, 1.165) is 9.10 Å². The van der Waals surface area contributed by atoms with Crippen molar-refractivity contribution in [1.82, 2.24) is 0 Å². The molecule has 3 nitrogen and oxygen atoms in total. The van der Waals surface area contributed by atoms with Crippen LogP contribution in [0.5, 0.6) is 5.75 Å². The summed E-state index contributed by atoms with van der Waals surface area (Å²) in [5.74, 6) is -0.277. The summed E-state index contributed by atoms with van der Waals surface area (Å²) >= 11 is 2.55. The molecule has 0 aliphatic carbocycles. The van der Waals surface area contributed by atoms with Gasteiger partial charge >= 0.3 is 6.36 Å². The quantitative estimate of drug-likeness (QED) is 0.859. The maximum atomic E-state index is 12.0. The molecule has 0 fully saturated rings. The van der Waals surface area contributed by atoms with Gasteiger partial charge in [-0.05, 0) is 30.3 Å². The average molecular weight is 319 g/mol. The number of rotatable bonds is 4. The monoisotopic (exact) mass is 319 g/mol. The summed E-state index contributed by atoms with van der Waals surface area (Å²) in [6.07, 6.45) is -4.04. The predicted molar refractivity (Wildman–Crippen MR) is 71.4 cm³/mol. The van der Waals surface area contributed by atoms with Crippen LogP contribution < -0.4 is 10.5 Å². The predicted octanol–water partition coefficient (Wildman–Crippen LogP) is 4.19. The maximum Gasteiger partial charge on any atom is 0.573 e. The molecule has 0 radical (unpaired) electrons. The number of benzene rings is 1. The number of carbonyl (C=O) groups is 1. The van der Waals surface area contributed by atoms with E-state index >= 15 is 0 Å². The van der Waals surface area contributed by atoms with E-state index in [9.17, 15) is 18.0 Å². The topological polar surface area (TPSA) is 52.3 Å². The summed E-state index contributed by atoms with van der Waals surface area (Å²) in [6.45, 7) is 0. The van der Waals surface area contributed by atoms with E-state index in [2.05, 4.69) is 4.74 Å². The molecular weight excluding hydrogens is 311 g/mol. The summed E-state index contributed by atoms with van der Waals surface area (Å²) < 4.78 is 40.6.